The molecule has 0 aliphatic rings. The zero-order chi connectivity index (χ0) is 15.1. The van der Waals surface area contributed by atoms with Gasteiger partial charge >= 0.3 is 12.0 Å². The molecule has 1 heterocycles. The summed E-state index contributed by atoms with van der Waals surface area (Å²) < 4.78 is 0. The number of amides is 2. The van der Waals surface area contributed by atoms with Crippen LogP contribution >= 0.6 is 0 Å². The number of carboxylic acid groups (broad SMARTS) is 1. The molecule has 0 saturated carbocycles. The Morgan fingerprint density at radius 2 is 2.20 bits per heavy atom. The molecule has 0 radical (unpaired) electrons. The highest BCUT2D eigenvalue weighted by molar-refractivity contribution is 5.75. The third kappa shape index (κ3) is 4.53. The van der Waals surface area contributed by atoms with Gasteiger partial charge in [-0.25, -0.2) is 4.79 Å². The molecule has 0 bridgehead atoms. The summed E-state index contributed by atoms with van der Waals surface area (Å²) in [5.41, 5.74) is 2.00. The molecular formula is C14H21N3O3. The average molecular weight is 279 g/mol. The summed E-state index contributed by atoms with van der Waals surface area (Å²) >= 11 is 0. The van der Waals surface area contributed by atoms with Gasteiger partial charge in [0.1, 0.15) is 0 Å². The third-order valence-electron chi connectivity index (χ3n) is 3.18. The maximum Gasteiger partial charge on any atom is 0.317 e. The molecule has 2 amide bonds. The first-order valence-electron chi connectivity index (χ1n) is 6.61. The fourth-order valence-electron chi connectivity index (χ4n) is 1.97. The van der Waals surface area contributed by atoms with Gasteiger partial charge in [0.15, 0.2) is 0 Å². The Bertz CT molecular complexity index is 476. The van der Waals surface area contributed by atoms with Gasteiger partial charge in [0.05, 0.1) is 6.42 Å². The van der Waals surface area contributed by atoms with E-state index >= 15 is 0 Å². The maximum atomic E-state index is 12.1. The summed E-state index contributed by atoms with van der Waals surface area (Å²) in [4.78, 5) is 28.3. The van der Waals surface area contributed by atoms with Gasteiger partial charge < -0.3 is 15.3 Å². The van der Waals surface area contributed by atoms with Crippen LogP contribution in [-0.2, 0) is 11.3 Å². The van der Waals surface area contributed by atoms with Crippen molar-refractivity contribution in [2.24, 2.45) is 0 Å². The van der Waals surface area contributed by atoms with Crippen LogP contribution in [-0.4, -0.2) is 39.6 Å². The van der Waals surface area contributed by atoms with Crippen molar-refractivity contribution in [3.05, 3.63) is 29.6 Å². The van der Waals surface area contributed by atoms with E-state index in [0.29, 0.717) is 13.1 Å². The number of aryl methyl sites for hydroxylation is 1. The average Bonchev–Trinajstić information content (AvgIpc) is 2.37. The molecule has 0 aliphatic heterocycles. The molecule has 1 unspecified atom stereocenters. The van der Waals surface area contributed by atoms with Crippen molar-refractivity contribution in [3.8, 4) is 0 Å². The Hall–Kier alpha value is -2.11. The number of hydrogen-bond acceptors (Lipinski definition) is 3. The number of nitrogens with zero attached hydrogens (tertiary/aromatic N) is 2. The number of carbonyl (C=O) groups is 2. The largest absolute Gasteiger partial charge is 0.481 e. The van der Waals surface area contributed by atoms with E-state index < -0.39 is 5.97 Å². The summed E-state index contributed by atoms with van der Waals surface area (Å²) in [7, 11) is 0. The van der Waals surface area contributed by atoms with Gasteiger partial charge in [-0.1, -0.05) is 0 Å². The SMILES string of the molecule is CCN(C(=O)NCc1cnccc1C)C(C)CC(=O)O. The zero-order valence-corrected chi connectivity index (χ0v) is 12.1. The number of rotatable bonds is 6. The number of carboxylic acids is 1. The van der Waals surface area contributed by atoms with Crippen LogP contribution < -0.4 is 5.32 Å². The third-order valence-corrected chi connectivity index (χ3v) is 3.18. The van der Waals surface area contributed by atoms with E-state index in [0.717, 1.165) is 11.1 Å². The predicted octanol–water partition coefficient (Wildman–Crippen LogP) is 1.78. The Morgan fingerprint density at radius 1 is 1.50 bits per heavy atom. The number of hydrogen-bond donors (Lipinski definition) is 2. The Balaban J connectivity index is 2.60. The summed E-state index contributed by atoms with van der Waals surface area (Å²) in [6.45, 7) is 6.36. The van der Waals surface area contributed by atoms with Crippen LogP contribution in [0.25, 0.3) is 0 Å². The molecule has 0 fully saturated rings. The normalized spacial score (nSPS) is 11.8. The standard InChI is InChI=1S/C14H21N3O3/c1-4-17(11(3)7-13(18)19)14(20)16-9-12-8-15-6-5-10(12)2/h5-6,8,11H,4,7,9H2,1-3H3,(H,16,20)(H,18,19). The first-order valence-corrected chi connectivity index (χ1v) is 6.61. The number of aliphatic carboxylic acids is 1. The lowest BCUT2D eigenvalue weighted by atomic mass is 10.1. The van der Waals surface area contributed by atoms with Gasteiger partial charge in [0.2, 0.25) is 0 Å². The molecule has 0 aliphatic carbocycles. The molecule has 1 aromatic heterocycles. The second kappa shape index (κ2) is 7.47. The monoisotopic (exact) mass is 279 g/mol. The maximum absolute atomic E-state index is 12.1. The van der Waals surface area contributed by atoms with Crippen molar-refractivity contribution >= 4 is 12.0 Å². The fraction of sp³-hybridized carbons (Fsp3) is 0.500. The summed E-state index contributed by atoms with van der Waals surface area (Å²) in [5.74, 6) is -0.910. The topological polar surface area (TPSA) is 82.5 Å². The summed E-state index contributed by atoms with van der Waals surface area (Å²) in [5, 5.41) is 11.6. The fourth-order valence-corrected chi connectivity index (χ4v) is 1.97. The molecule has 1 rings (SSSR count). The van der Waals surface area contributed by atoms with Crippen LogP contribution in [0.2, 0.25) is 0 Å². The van der Waals surface area contributed by atoms with Gasteiger partial charge in [0, 0.05) is 31.5 Å². The van der Waals surface area contributed by atoms with Crippen LogP contribution in [0.1, 0.15) is 31.4 Å². The minimum Gasteiger partial charge on any atom is -0.481 e. The lowest BCUT2D eigenvalue weighted by molar-refractivity contribution is -0.138. The van der Waals surface area contributed by atoms with E-state index in [1.54, 1.807) is 19.3 Å². The Labute approximate surface area is 118 Å². The lowest BCUT2D eigenvalue weighted by Crippen LogP contribution is -2.45. The van der Waals surface area contributed by atoms with E-state index in [-0.39, 0.29) is 18.5 Å². The van der Waals surface area contributed by atoms with Crippen LogP contribution in [0.3, 0.4) is 0 Å². The second-order valence-electron chi connectivity index (χ2n) is 4.69. The van der Waals surface area contributed by atoms with Crippen molar-refractivity contribution in [2.45, 2.75) is 39.8 Å². The number of carbonyl (C=O) groups excluding carboxylic acids is 1. The van der Waals surface area contributed by atoms with Gasteiger partial charge in [-0.3, -0.25) is 9.78 Å². The van der Waals surface area contributed by atoms with Gasteiger partial charge in [-0.15, -0.1) is 0 Å². The Morgan fingerprint density at radius 3 is 2.75 bits per heavy atom. The molecule has 6 heteroatoms. The van der Waals surface area contributed by atoms with Gasteiger partial charge in [-0.2, -0.15) is 0 Å². The zero-order valence-electron chi connectivity index (χ0n) is 12.1. The van der Waals surface area contributed by atoms with Crippen molar-refractivity contribution in [2.75, 3.05) is 6.54 Å². The van der Waals surface area contributed by atoms with E-state index in [1.807, 2.05) is 19.9 Å². The highest BCUT2D eigenvalue weighted by atomic mass is 16.4. The van der Waals surface area contributed by atoms with Gasteiger partial charge in [0.25, 0.3) is 0 Å². The molecular weight excluding hydrogens is 258 g/mol. The number of pyridine rings is 1. The highest BCUT2D eigenvalue weighted by Crippen LogP contribution is 2.07. The van der Waals surface area contributed by atoms with Crippen molar-refractivity contribution in [1.82, 2.24) is 15.2 Å². The van der Waals surface area contributed by atoms with E-state index in [4.69, 9.17) is 5.11 Å². The van der Waals surface area contributed by atoms with Crippen molar-refractivity contribution in [3.63, 3.8) is 0 Å². The van der Waals surface area contributed by atoms with E-state index in [2.05, 4.69) is 10.3 Å². The smallest absolute Gasteiger partial charge is 0.317 e. The molecule has 1 aromatic rings. The van der Waals surface area contributed by atoms with Crippen LogP contribution in [0.5, 0.6) is 0 Å². The van der Waals surface area contributed by atoms with Crippen LogP contribution in [0.15, 0.2) is 18.5 Å². The van der Waals surface area contributed by atoms with E-state index in [1.165, 1.54) is 4.90 Å². The van der Waals surface area contributed by atoms with Gasteiger partial charge in [-0.05, 0) is 38.0 Å². The predicted molar refractivity (Wildman–Crippen MR) is 75.3 cm³/mol. The van der Waals surface area contributed by atoms with E-state index in [9.17, 15) is 9.59 Å². The number of urea groups is 1. The highest BCUT2D eigenvalue weighted by Gasteiger charge is 2.20. The molecule has 2 N–H and O–H groups in total. The summed E-state index contributed by atoms with van der Waals surface area (Å²) in [6, 6.07) is 1.28. The second-order valence-corrected chi connectivity index (χ2v) is 4.69. The molecule has 20 heavy (non-hydrogen) atoms. The number of aromatic nitrogens is 1. The van der Waals surface area contributed by atoms with Crippen molar-refractivity contribution < 1.29 is 14.7 Å². The minimum absolute atomic E-state index is 0.0623. The first kappa shape index (κ1) is 15.9. The number of nitrogens with one attached hydrogen (secondary N) is 1. The summed E-state index contributed by atoms with van der Waals surface area (Å²) in [6.07, 6.45) is 3.35. The molecule has 0 saturated heterocycles. The molecule has 110 valence electrons. The molecule has 0 spiro atoms. The molecule has 0 aromatic carbocycles. The minimum atomic E-state index is -0.910. The lowest BCUT2D eigenvalue weighted by Gasteiger charge is -2.27. The van der Waals surface area contributed by atoms with Crippen LogP contribution in [0.4, 0.5) is 4.79 Å². The molecule has 6 nitrogen and oxygen atoms in total. The van der Waals surface area contributed by atoms with Crippen LogP contribution in [0, 0.1) is 6.92 Å². The Kier molecular flexibility index (Phi) is 5.96. The first-order chi connectivity index (χ1) is 9.45. The van der Waals surface area contributed by atoms with Crippen molar-refractivity contribution in [1.29, 1.82) is 0 Å². The molecule has 1 atom stereocenters. The quantitative estimate of drug-likeness (QED) is 0.831.